The van der Waals surface area contributed by atoms with Crippen LogP contribution in [0, 0.1) is 0 Å². The number of unbranched alkanes of at least 4 members (excludes halogenated alkanes) is 1. The second kappa shape index (κ2) is 5.68. The molecule has 80 valence electrons. The first kappa shape index (κ1) is 11.1. The lowest BCUT2D eigenvalue weighted by atomic mass is 9.93. The van der Waals surface area contributed by atoms with E-state index in [0.717, 1.165) is 32.2 Å². The molecule has 1 rings (SSSR count). The van der Waals surface area contributed by atoms with Crippen molar-refractivity contribution in [2.24, 2.45) is 0 Å². The standard InChI is InChI=1S/C11H20N2O/c1-3-4-5-9-13(2)11(14)12-10-7-6-8-10/h3,10H,1,4-9H2,2H3,(H,12,14). The predicted molar refractivity (Wildman–Crippen MR) is 58.2 cm³/mol. The normalized spacial score (nSPS) is 15.8. The minimum absolute atomic E-state index is 0.0683. The van der Waals surface area contributed by atoms with Gasteiger partial charge in [0.1, 0.15) is 0 Å². The lowest BCUT2D eigenvalue weighted by molar-refractivity contribution is 0.196. The van der Waals surface area contributed by atoms with Crippen LogP contribution in [0.5, 0.6) is 0 Å². The van der Waals surface area contributed by atoms with E-state index in [1.807, 2.05) is 13.1 Å². The van der Waals surface area contributed by atoms with Gasteiger partial charge in [0, 0.05) is 19.6 Å². The minimum atomic E-state index is 0.0683. The zero-order chi connectivity index (χ0) is 10.4. The molecule has 1 aliphatic rings. The van der Waals surface area contributed by atoms with Crippen molar-refractivity contribution in [2.45, 2.75) is 38.1 Å². The molecular formula is C11H20N2O. The van der Waals surface area contributed by atoms with Gasteiger partial charge in [-0.3, -0.25) is 0 Å². The first-order valence-electron chi connectivity index (χ1n) is 5.36. The van der Waals surface area contributed by atoms with Gasteiger partial charge in [-0.05, 0) is 32.1 Å². The van der Waals surface area contributed by atoms with Gasteiger partial charge in [-0.1, -0.05) is 6.08 Å². The molecule has 2 amide bonds. The van der Waals surface area contributed by atoms with Crippen molar-refractivity contribution in [3.05, 3.63) is 12.7 Å². The van der Waals surface area contributed by atoms with Crippen LogP contribution in [-0.2, 0) is 0 Å². The van der Waals surface area contributed by atoms with E-state index in [4.69, 9.17) is 0 Å². The average molecular weight is 196 g/mol. The topological polar surface area (TPSA) is 32.3 Å². The van der Waals surface area contributed by atoms with Gasteiger partial charge < -0.3 is 10.2 Å². The Kier molecular flexibility index (Phi) is 4.50. The van der Waals surface area contributed by atoms with Crippen LogP contribution < -0.4 is 5.32 Å². The first-order chi connectivity index (χ1) is 6.74. The summed E-state index contributed by atoms with van der Waals surface area (Å²) in [7, 11) is 1.84. The van der Waals surface area contributed by atoms with Crippen LogP contribution in [0.1, 0.15) is 32.1 Å². The van der Waals surface area contributed by atoms with Gasteiger partial charge in [-0.15, -0.1) is 6.58 Å². The number of carbonyl (C=O) groups is 1. The van der Waals surface area contributed by atoms with E-state index in [2.05, 4.69) is 11.9 Å². The third-order valence-corrected chi connectivity index (χ3v) is 2.68. The van der Waals surface area contributed by atoms with E-state index < -0.39 is 0 Å². The lowest BCUT2D eigenvalue weighted by Gasteiger charge is -2.29. The van der Waals surface area contributed by atoms with Crippen molar-refractivity contribution >= 4 is 6.03 Å². The summed E-state index contributed by atoms with van der Waals surface area (Å²) in [5, 5.41) is 3.00. The number of rotatable bonds is 5. The molecule has 0 aromatic carbocycles. The Morgan fingerprint density at radius 2 is 2.36 bits per heavy atom. The molecule has 3 nitrogen and oxygen atoms in total. The molecule has 1 saturated carbocycles. The molecule has 1 aliphatic carbocycles. The van der Waals surface area contributed by atoms with Crippen molar-refractivity contribution in [1.82, 2.24) is 10.2 Å². The maximum absolute atomic E-state index is 11.5. The highest BCUT2D eigenvalue weighted by molar-refractivity contribution is 5.74. The molecule has 0 saturated heterocycles. The van der Waals surface area contributed by atoms with E-state index >= 15 is 0 Å². The largest absolute Gasteiger partial charge is 0.335 e. The quantitative estimate of drug-likeness (QED) is 0.530. The second-order valence-corrected chi connectivity index (χ2v) is 3.93. The molecule has 1 fully saturated rings. The van der Waals surface area contributed by atoms with E-state index in [1.54, 1.807) is 4.90 Å². The van der Waals surface area contributed by atoms with E-state index in [1.165, 1.54) is 6.42 Å². The molecule has 0 heterocycles. The zero-order valence-corrected chi connectivity index (χ0v) is 8.96. The third-order valence-electron chi connectivity index (χ3n) is 2.68. The fourth-order valence-corrected chi connectivity index (χ4v) is 1.41. The molecular weight excluding hydrogens is 176 g/mol. The number of allylic oxidation sites excluding steroid dienone is 1. The van der Waals surface area contributed by atoms with Crippen LogP contribution in [0.3, 0.4) is 0 Å². The van der Waals surface area contributed by atoms with Crippen molar-refractivity contribution < 1.29 is 4.79 Å². The summed E-state index contributed by atoms with van der Waals surface area (Å²) in [6.07, 6.45) is 7.40. The molecule has 0 aromatic rings. The Morgan fingerprint density at radius 1 is 1.64 bits per heavy atom. The van der Waals surface area contributed by atoms with Crippen molar-refractivity contribution in [3.63, 3.8) is 0 Å². The Morgan fingerprint density at radius 3 is 2.86 bits per heavy atom. The molecule has 14 heavy (non-hydrogen) atoms. The molecule has 3 heteroatoms. The van der Waals surface area contributed by atoms with Gasteiger partial charge in [0.15, 0.2) is 0 Å². The summed E-state index contributed by atoms with van der Waals surface area (Å²) in [5.74, 6) is 0. The fraction of sp³-hybridized carbons (Fsp3) is 0.727. The maximum atomic E-state index is 11.5. The lowest BCUT2D eigenvalue weighted by Crippen LogP contribution is -2.46. The SMILES string of the molecule is C=CCCCN(C)C(=O)NC1CCC1. The zero-order valence-electron chi connectivity index (χ0n) is 8.96. The smallest absolute Gasteiger partial charge is 0.317 e. The molecule has 0 spiro atoms. The van der Waals surface area contributed by atoms with Crippen LogP contribution in [0.25, 0.3) is 0 Å². The van der Waals surface area contributed by atoms with Crippen LogP contribution >= 0.6 is 0 Å². The average Bonchev–Trinajstić information content (AvgIpc) is 2.11. The molecule has 0 bridgehead atoms. The Hall–Kier alpha value is -0.990. The highest BCUT2D eigenvalue weighted by atomic mass is 16.2. The van der Waals surface area contributed by atoms with Gasteiger partial charge in [-0.2, -0.15) is 0 Å². The van der Waals surface area contributed by atoms with E-state index in [9.17, 15) is 4.79 Å². The fourth-order valence-electron chi connectivity index (χ4n) is 1.41. The van der Waals surface area contributed by atoms with Crippen molar-refractivity contribution in [1.29, 1.82) is 0 Å². The summed E-state index contributed by atoms with van der Waals surface area (Å²) in [4.78, 5) is 13.3. The Balaban J connectivity index is 2.11. The number of hydrogen-bond donors (Lipinski definition) is 1. The Bertz CT molecular complexity index is 199. The number of amides is 2. The van der Waals surface area contributed by atoms with E-state index in [0.29, 0.717) is 6.04 Å². The van der Waals surface area contributed by atoms with Gasteiger partial charge in [0.25, 0.3) is 0 Å². The number of carbonyl (C=O) groups excluding carboxylic acids is 1. The van der Waals surface area contributed by atoms with Crippen molar-refractivity contribution in [2.75, 3.05) is 13.6 Å². The van der Waals surface area contributed by atoms with Crippen LogP contribution in [0.4, 0.5) is 4.79 Å². The maximum Gasteiger partial charge on any atom is 0.317 e. The monoisotopic (exact) mass is 196 g/mol. The van der Waals surface area contributed by atoms with Gasteiger partial charge in [0.2, 0.25) is 0 Å². The van der Waals surface area contributed by atoms with Crippen LogP contribution in [-0.4, -0.2) is 30.6 Å². The number of nitrogens with one attached hydrogen (secondary N) is 1. The van der Waals surface area contributed by atoms with Gasteiger partial charge >= 0.3 is 6.03 Å². The third kappa shape index (κ3) is 3.40. The first-order valence-corrected chi connectivity index (χ1v) is 5.36. The summed E-state index contributed by atoms with van der Waals surface area (Å²) in [6.45, 7) is 4.46. The summed E-state index contributed by atoms with van der Waals surface area (Å²) in [5.41, 5.74) is 0. The molecule has 0 atom stereocenters. The summed E-state index contributed by atoms with van der Waals surface area (Å²) < 4.78 is 0. The van der Waals surface area contributed by atoms with Crippen LogP contribution in [0.15, 0.2) is 12.7 Å². The number of urea groups is 1. The van der Waals surface area contributed by atoms with Crippen molar-refractivity contribution in [3.8, 4) is 0 Å². The molecule has 0 radical (unpaired) electrons. The molecule has 0 aliphatic heterocycles. The Labute approximate surface area is 86.2 Å². The summed E-state index contributed by atoms with van der Waals surface area (Å²) >= 11 is 0. The number of nitrogens with zero attached hydrogens (tertiary/aromatic N) is 1. The van der Waals surface area contributed by atoms with E-state index in [-0.39, 0.29) is 6.03 Å². The second-order valence-electron chi connectivity index (χ2n) is 3.93. The highest BCUT2D eigenvalue weighted by Gasteiger charge is 2.20. The molecule has 1 N–H and O–H groups in total. The van der Waals surface area contributed by atoms with Gasteiger partial charge in [-0.25, -0.2) is 4.79 Å². The highest BCUT2D eigenvalue weighted by Crippen LogP contribution is 2.18. The predicted octanol–water partition coefficient (Wildman–Crippen LogP) is 2.15. The molecule has 0 aromatic heterocycles. The molecule has 0 unspecified atom stereocenters. The summed E-state index contributed by atoms with van der Waals surface area (Å²) in [6, 6.07) is 0.503. The number of hydrogen-bond acceptors (Lipinski definition) is 1. The van der Waals surface area contributed by atoms with Gasteiger partial charge in [0.05, 0.1) is 0 Å². The van der Waals surface area contributed by atoms with Crippen LogP contribution in [0.2, 0.25) is 0 Å². The minimum Gasteiger partial charge on any atom is -0.335 e.